The van der Waals surface area contributed by atoms with E-state index >= 15 is 0 Å². The first-order chi connectivity index (χ1) is 16.6. The number of nitrogens with zero attached hydrogens (tertiary/aromatic N) is 3. The van der Waals surface area contributed by atoms with Crippen LogP contribution in [0, 0.1) is 11.7 Å². The van der Waals surface area contributed by atoms with Gasteiger partial charge in [-0.25, -0.2) is 9.37 Å². The molecule has 3 heterocycles. The van der Waals surface area contributed by atoms with Crippen molar-refractivity contribution < 1.29 is 13.6 Å². The van der Waals surface area contributed by atoms with Crippen LogP contribution < -0.4 is 10.2 Å². The van der Waals surface area contributed by atoms with Gasteiger partial charge in [-0.1, -0.05) is 24.3 Å². The molecule has 0 atom stereocenters. The molecule has 5 aromatic rings. The van der Waals surface area contributed by atoms with E-state index in [1.54, 1.807) is 12.1 Å². The number of benzene rings is 3. The van der Waals surface area contributed by atoms with Crippen molar-refractivity contribution in [1.29, 1.82) is 0 Å². The fraction of sp³-hybridized carbons (Fsp3) is 0.192. The number of H-pyrrole nitrogens is 1. The van der Waals surface area contributed by atoms with Gasteiger partial charge in [-0.05, 0) is 55.3 Å². The van der Waals surface area contributed by atoms with Gasteiger partial charge in [0.2, 0.25) is 5.91 Å². The maximum Gasteiger partial charge on any atom is 0.298 e. The summed E-state index contributed by atoms with van der Waals surface area (Å²) in [5.41, 5.74) is 4.52. The number of fused-ring (bicyclic) bond motifs is 2. The zero-order valence-corrected chi connectivity index (χ0v) is 18.3. The molecule has 0 unspecified atom stereocenters. The Hall–Kier alpha value is -4.20. The van der Waals surface area contributed by atoms with Crippen LogP contribution in [0.15, 0.2) is 71.1 Å². The van der Waals surface area contributed by atoms with Crippen LogP contribution in [0.3, 0.4) is 0 Å². The largest absolute Gasteiger partial charge is 0.423 e. The SMILES string of the molecule is O=C(Nc1ccc2nc(-c3cccc(F)c3)[nH]c2c1)C1CCN(c2nc3ccccc3o2)CC1. The first kappa shape index (κ1) is 20.4. The van der Waals surface area contributed by atoms with E-state index in [-0.39, 0.29) is 17.6 Å². The highest BCUT2D eigenvalue weighted by Gasteiger charge is 2.27. The van der Waals surface area contributed by atoms with Gasteiger partial charge in [0, 0.05) is 30.3 Å². The highest BCUT2D eigenvalue weighted by Crippen LogP contribution is 2.28. The molecular formula is C26H22FN5O2. The van der Waals surface area contributed by atoms with E-state index in [0.29, 0.717) is 36.2 Å². The zero-order valence-electron chi connectivity index (χ0n) is 18.3. The first-order valence-electron chi connectivity index (χ1n) is 11.3. The molecule has 170 valence electrons. The molecule has 2 N–H and O–H groups in total. The Morgan fingerprint density at radius 1 is 1.00 bits per heavy atom. The summed E-state index contributed by atoms with van der Waals surface area (Å²) in [6, 6.07) is 20.1. The van der Waals surface area contributed by atoms with Crippen LogP contribution in [0.5, 0.6) is 0 Å². The van der Waals surface area contributed by atoms with Gasteiger partial charge in [0.05, 0.1) is 11.0 Å². The van der Waals surface area contributed by atoms with Gasteiger partial charge < -0.3 is 19.6 Å². The number of para-hydroxylation sites is 2. The molecule has 6 rings (SSSR count). The van der Waals surface area contributed by atoms with Crippen molar-refractivity contribution in [3.8, 4) is 11.4 Å². The molecule has 1 fully saturated rings. The zero-order chi connectivity index (χ0) is 23.1. The molecule has 0 radical (unpaired) electrons. The third-order valence-electron chi connectivity index (χ3n) is 6.27. The molecular weight excluding hydrogens is 433 g/mol. The smallest absolute Gasteiger partial charge is 0.298 e. The third-order valence-corrected chi connectivity index (χ3v) is 6.27. The van der Waals surface area contributed by atoms with Gasteiger partial charge in [0.1, 0.15) is 17.2 Å². The van der Waals surface area contributed by atoms with Crippen molar-refractivity contribution in [2.24, 2.45) is 5.92 Å². The number of anilines is 2. The Labute approximate surface area is 194 Å². The first-order valence-corrected chi connectivity index (χ1v) is 11.3. The molecule has 0 aliphatic carbocycles. The molecule has 0 saturated carbocycles. The summed E-state index contributed by atoms with van der Waals surface area (Å²) >= 11 is 0. The molecule has 8 heteroatoms. The molecule has 34 heavy (non-hydrogen) atoms. The number of hydrogen-bond donors (Lipinski definition) is 2. The van der Waals surface area contributed by atoms with Crippen molar-refractivity contribution in [2.45, 2.75) is 12.8 Å². The lowest BCUT2D eigenvalue weighted by Crippen LogP contribution is -2.38. The topological polar surface area (TPSA) is 87.0 Å². The number of imidazole rings is 1. The molecule has 1 saturated heterocycles. The molecule has 2 aromatic heterocycles. The lowest BCUT2D eigenvalue weighted by molar-refractivity contribution is -0.120. The second-order valence-electron chi connectivity index (χ2n) is 8.54. The van der Waals surface area contributed by atoms with Crippen LogP contribution in [0.25, 0.3) is 33.5 Å². The van der Waals surface area contributed by atoms with Gasteiger partial charge in [0.15, 0.2) is 5.58 Å². The monoisotopic (exact) mass is 455 g/mol. The second kappa shape index (κ2) is 8.30. The number of rotatable bonds is 4. The van der Waals surface area contributed by atoms with E-state index in [1.807, 2.05) is 42.5 Å². The van der Waals surface area contributed by atoms with Crippen molar-refractivity contribution in [3.05, 3.63) is 72.5 Å². The molecule has 0 bridgehead atoms. The number of piperidine rings is 1. The van der Waals surface area contributed by atoms with Crippen molar-refractivity contribution in [3.63, 3.8) is 0 Å². The van der Waals surface area contributed by atoms with Crippen molar-refractivity contribution in [1.82, 2.24) is 15.0 Å². The highest BCUT2D eigenvalue weighted by atomic mass is 19.1. The number of halogens is 1. The third kappa shape index (κ3) is 3.87. The Kier molecular flexibility index (Phi) is 4.98. The van der Waals surface area contributed by atoms with E-state index in [0.717, 1.165) is 35.0 Å². The van der Waals surface area contributed by atoms with Gasteiger partial charge in [-0.15, -0.1) is 0 Å². The van der Waals surface area contributed by atoms with Crippen LogP contribution in [0.2, 0.25) is 0 Å². The Morgan fingerprint density at radius 3 is 2.68 bits per heavy atom. The second-order valence-corrected chi connectivity index (χ2v) is 8.54. The number of aromatic amines is 1. The minimum absolute atomic E-state index is 0.00133. The predicted molar refractivity (Wildman–Crippen MR) is 129 cm³/mol. The summed E-state index contributed by atoms with van der Waals surface area (Å²) in [4.78, 5) is 27.3. The Balaban J connectivity index is 1.12. The maximum atomic E-state index is 13.6. The fourth-order valence-corrected chi connectivity index (χ4v) is 4.43. The Bertz CT molecular complexity index is 1470. The van der Waals surface area contributed by atoms with Gasteiger partial charge >= 0.3 is 0 Å². The van der Waals surface area contributed by atoms with Crippen LogP contribution in [0.4, 0.5) is 16.1 Å². The summed E-state index contributed by atoms with van der Waals surface area (Å²) in [6.07, 6.45) is 1.45. The quantitative estimate of drug-likeness (QED) is 0.381. The molecule has 1 aliphatic rings. The maximum absolute atomic E-state index is 13.6. The van der Waals surface area contributed by atoms with Crippen LogP contribution in [-0.4, -0.2) is 33.9 Å². The van der Waals surface area contributed by atoms with Gasteiger partial charge in [-0.2, -0.15) is 4.98 Å². The molecule has 1 amide bonds. The van der Waals surface area contributed by atoms with Crippen LogP contribution >= 0.6 is 0 Å². The minimum Gasteiger partial charge on any atom is -0.423 e. The summed E-state index contributed by atoms with van der Waals surface area (Å²) < 4.78 is 19.4. The normalized spacial score (nSPS) is 14.7. The number of aromatic nitrogens is 3. The van der Waals surface area contributed by atoms with E-state index in [4.69, 9.17) is 4.42 Å². The van der Waals surface area contributed by atoms with Crippen molar-refractivity contribution in [2.75, 3.05) is 23.3 Å². The number of carbonyl (C=O) groups excluding carboxylic acids is 1. The standard InChI is InChI=1S/C26H22FN5O2/c27-18-5-3-4-17(14-18)24-29-20-9-8-19(15-22(20)30-24)28-25(33)16-10-12-32(13-11-16)26-31-21-6-1-2-7-23(21)34-26/h1-9,14-16H,10-13H2,(H,28,33)(H,29,30). The molecule has 7 nitrogen and oxygen atoms in total. The van der Waals surface area contributed by atoms with Gasteiger partial charge in [0.25, 0.3) is 6.01 Å². The average molecular weight is 455 g/mol. The summed E-state index contributed by atoms with van der Waals surface area (Å²) in [5.74, 6) is 0.194. The molecule has 3 aromatic carbocycles. The van der Waals surface area contributed by atoms with E-state index in [9.17, 15) is 9.18 Å². The fourth-order valence-electron chi connectivity index (χ4n) is 4.43. The minimum atomic E-state index is -0.312. The number of hydrogen-bond acceptors (Lipinski definition) is 5. The Morgan fingerprint density at radius 2 is 1.85 bits per heavy atom. The van der Waals surface area contributed by atoms with E-state index < -0.39 is 0 Å². The number of oxazole rings is 1. The van der Waals surface area contributed by atoms with Crippen LogP contribution in [-0.2, 0) is 4.79 Å². The van der Waals surface area contributed by atoms with E-state index in [1.165, 1.54) is 12.1 Å². The average Bonchev–Trinajstić information content (AvgIpc) is 3.48. The lowest BCUT2D eigenvalue weighted by Gasteiger charge is -2.30. The summed E-state index contributed by atoms with van der Waals surface area (Å²) in [5, 5.41) is 3.03. The number of nitrogens with one attached hydrogen (secondary N) is 2. The van der Waals surface area contributed by atoms with E-state index in [2.05, 4.69) is 25.2 Å². The van der Waals surface area contributed by atoms with Crippen molar-refractivity contribution >= 4 is 39.7 Å². The van der Waals surface area contributed by atoms with Crippen LogP contribution in [0.1, 0.15) is 12.8 Å². The summed E-state index contributed by atoms with van der Waals surface area (Å²) in [7, 11) is 0. The number of amides is 1. The summed E-state index contributed by atoms with van der Waals surface area (Å²) in [6.45, 7) is 1.42. The molecule has 0 spiro atoms. The number of carbonyl (C=O) groups is 1. The highest BCUT2D eigenvalue weighted by molar-refractivity contribution is 5.95. The molecule has 1 aliphatic heterocycles. The lowest BCUT2D eigenvalue weighted by atomic mass is 9.96. The predicted octanol–water partition coefficient (Wildman–Crippen LogP) is 5.37. The van der Waals surface area contributed by atoms with Gasteiger partial charge in [-0.3, -0.25) is 4.79 Å².